The maximum Gasteiger partial charge on any atom is 0.0648 e. The average Bonchev–Trinajstić information content (AvgIpc) is 2.71. The van der Waals surface area contributed by atoms with Crippen molar-refractivity contribution in [3.8, 4) is 5.69 Å². The molecule has 0 aliphatic rings. The summed E-state index contributed by atoms with van der Waals surface area (Å²) in [7, 11) is 0. The smallest absolute Gasteiger partial charge is 0.0648 e. The Bertz CT molecular complexity index is 497. The molecule has 0 bridgehead atoms. The molecule has 3 heteroatoms. The highest BCUT2D eigenvalue weighted by atomic mass is 15.3. The van der Waals surface area contributed by atoms with E-state index in [9.17, 15) is 0 Å². The Kier molecular flexibility index (Phi) is 3.29. The molecule has 90 valence electrons. The van der Waals surface area contributed by atoms with E-state index in [1.165, 1.54) is 16.8 Å². The molecule has 0 radical (unpaired) electrons. The molecule has 0 saturated heterocycles. The molecule has 2 N–H and O–H groups in total. The molecule has 0 aliphatic carbocycles. The topological polar surface area (TPSA) is 43.8 Å². The number of nitrogens with two attached hydrogens (primary N) is 1. The third-order valence-corrected chi connectivity index (χ3v) is 3.21. The highest BCUT2D eigenvalue weighted by Crippen LogP contribution is 2.20. The normalized spacial score (nSPS) is 12.7. The van der Waals surface area contributed by atoms with Crippen molar-refractivity contribution >= 4 is 0 Å². The van der Waals surface area contributed by atoms with Crippen LogP contribution in [0.3, 0.4) is 0 Å². The number of rotatable bonds is 3. The monoisotopic (exact) mass is 229 g/mol. The Morgan fingerprint density at radius 2 is 1.88 bits per heavy atom. The van der Waals surface area contributed by atoms with Crippen LogP contribution in [0.25, 0.3) is 5.69 Å². The van der Waals surface area contributed by atoms with E-state index >= 15 is 0 Å². The van der Waals surface area contributed by atoms with E-state index in [4.69, 9.17) is 5.73 Å². The van der Waals surface area contributed by atoms with Gasteiger partial charge in [0.05, 0.1) is 11.9 Å². The average molecular weight is 229 g/mol. The molecule has 1 aromatic carbocycles. The van der Waals surface area contributed by atoms with Crippen LogP contribution in [0.15, 0.2) is 30.5 Å². The lowest BCUT2D eigenvalue weighted by molar-refractivity contribution is 0.762. The third-order valence-electron chi connectivity index (χ3n) is 3.21. The van der Waals surface area contributed by atoms with Gasteiger partial charge in [-0.3, -0.25) is 0 Å². The minimum Gasteiger partial charge on any atom is -0.330 e. The quantitative estimate of drug-likeness (QED) is 0.879. The van der Waals surface area contributed by atoms with Crippen LogP contribution in [-0.2, 0) is 0 Å². The molecule has 0 spiro atoms. The molecule has 17 heavy (non-hydrogen) atoms. The van der Waals surface area contributed by atoms with Crippen molar-refractivity contribution < 1.29 is 0 Å². The minimum absolute atomic E-state index is 0.356. The van der Waals surface area contributed by atoms with Crippen molar-refractivity contribution in [3.63, 3.8) is 0 Å². The number of hydrogen-bond acceptors (Lipinski definition) is 2. The first kappa shape index (κ1) is 11.9. The highest BCUT2D eigenvalue weighted by Gasteiger charge is 2.12. The standard InChI is InChI=1S/C14H19N3/c1-10-4-6-13(7-5-10)17-12(3)14(9-16-17)11(2)8-15/h4-7,9,11H,8,15H2,1-3H3. The van der Waals surface area contributed by atoms with Gasteiger partial charge < -0.3 is 5.73 Å². The number of aryl methyl sites for hydroxylation is 1. The molecular formula is C14H19N3. The number of aromatic nitrogens is 2. The van der Waals surface area contributed by atoms with E-state index < -0.39 is 0 Å². The fraction of sp³-hybridized carbons (Fsp3) is 0.357. The van der Waals surface area contributed by atoms with Crippen molar-refractivity contribution in [2.75, 3.05) is 6.54 Å². The van der Waals surface area contributed by atoms with Gasteiger partial charge in [-0.05, 0) is 44.0 Å². The second-order valence-electron chi connectivity index (χ2n) is 4.57. The fourth-order valence-corrected chi connectivity index (χ4v) is 1.98. The van der Waals surface area contributed by atoms with Crippen molar-refractivity contribution in [1.82, 2.24) is 9.78 Å². The van der Waals surface area contributed by atoms with Crippen molar-refractivity contribution in [3.05, 3.63) is 47.3 Å². The summed E-state index contributed by atoms with van der Waals surface area (Å²) in [5, 5.41) is 4.45. The molecule has 2 aromatic rings. The van der Waals surface area contributed by atoms with Gasteiger partial charge in [-0.15, -0.1) is 0 Å². The summed E-state index contributed by atoms with van der Waals surface area (Å²) in [5.41, 5.74) is 10.5. The second kappa shape index (κ2) is 4.72. The van der Waals surface area contributed by atoms with Gasteiger partial charge in [0.1, 0.15) is 0 Å². The van der Waals surface area contributed by atoms with Gasteiger partial charge in [0.15, 0.2) is 0 Å². The molecule has 0 saturated carbocycles. The molecule has 0 amide bonds. The van der Waals surface area contributed by atoms with Crippen LogP contribution in [0.1, 0.15) is 29.7 Å². The molecule has 1 unspecified atom stereocenters. The first-order chi connectivity index (χ1) is 8.13. The van der Waals surface area contributed by atoms with Gasteiger partial charge in [-0.2, -0.15) is 5.10 Å². The van der Waals surface area contributed by atoms with Crippen LogP contribution in [-0.4, -0.2) is 16.3 Å². The Labute approximate surface area is 102 Å². The summed E-state index contributed by atoms with van der Waals surface area (Å²) < 4.78 is 1.97. The summed E-state index contributed by atoms with van der Waals surface area (Å²) in [4.78, 5) is 0. The number of nitrogens with zero attached hydrogens (tertiary/aromatic N) is 2. The summed E-state index contributed by atoms with van der Waals surface area (Å²) in [6.45, 7) is 6.96. The minimum atomic E-state index is 0.356. The van der Waals surface area contributed by atoms with Crippen LogP contribution in [0.2, 0.25) is 0 Å². The largest absolute Gasteiger partial charge is 0.330 e. The molecule has 0 fully saturated rings. The van der Waals surface area contributed by atoms with Crippen LogP contribution in [0.5, 0.6) is 0 Å². The van der Waals surface area contributed by atoms with Crippen molar-refractivity contribution in [2.24, 2.45) is 5.73 Å². The lowest BCUT2D eigenvalue weighted by Gasteiger charge is -2.09. The molecule has 2 rings (SSSR count). The van der Waals surface area contributed by atoms with E-state index in [2.05, 4.69) is 50.1 Å². The van der Waals surface area contributed by atoms with E-state index in [1.807, 2.05) is 10.9 Å². The lowest BCUT2D eigenvalue weighted by atomic mass is 10.0. The molecular weight excluding hydrogens is 210 g/mol. The second-order valence-corrected chi connectivity index (χ2v) is 4.57. The van der Waals surface area contributed by atoms with Gasteiger partial charge in [0, 0.05) is 5.69 Å². The Hall–Kier alpha value is -1.61. The van der Waals surface area contributed by atoms with E-state index in [1.54, 1.807) is 0 Å². The van der Waals surface area contributed by atoms with Crippen LogP contribution in [0, 0.1) is 13.8 Å². The zero-order valence-corrected chi connectivity index (χ0v) is 10.6. The Morgan fingerprint density at radius 1 is 1.24 bits per heavy atom. The lowest BCUT2D eigenvalue weighted by Crippen LogP contribution is -2.10. The van der Waals surface area contributed by atoms with Gasteiger partial charge >= 0.3 is 0 Å². The summed E-state index contributed by atoms with van der Waals surface area (Å²) in [6.07, 6.45) is 1.92. The predicted molar refractivity (Wildman–Crippen MR) is 70.5 cm³/mol. The molecule has 1 heterocycles. The molecule has 0 aliphatic heterocycles. The van der Waals surface area contributed by atoms with E-state index in [-0.39, 0.29) is 0 Å². The first-order valence-corrected chi connectivity index (χ1v) is 5.95. The zero-order valence-electron chi connectivity index (χ0n) is 10.6. The van der Waals surface area contributed by atoms with Crippen LogP contribution in [0.4, 0.5) is 0 Å². The van der Waals surface area contributed by atoms with E-state index in [0.717, 1.165) is 5.69 Å². The van der Waals surface area contributed by atoms with Crippen molar-refractivity contribution in [2.45, 2.75) is 26.7 Å². The van der Waals surface area contributed by atoms with Gasteiger partial charge in [0.2, 0.25) is 0 Å². The van der Waals surface area contributed by atoms with Gasteiger partial charge in [-0.25, -0.2) is 4.68 Å². The van der Waals surface area contributed by atoms with Crippen molar-refractivity contribution in [1.29, 1.82) is 0 Å². The van der Waals surface area contributed by atoms with Gasteiger partial charge in [-0.1, -0.05) is 24.6 Å². The summed E-state index contributed by atoms with van der Waals surface area (Å²) >= 11 is 0. The molecule has 3 nitrogen and oxygen atoms in total. The van der Waals surface area contributed by atoms with E-state index in [0.29, 0.717) is 12.5 Å². The van der Waals surface area contributed by atoms with Crippen LogP contribution < -0.4 is 5.73 Å². The highest BCUT2D eigenvalue weighted by molar-refractivity contribution is 5.37. The molecule has 1 atom stereocenters. The maximum atomic E-state index is 5.70. The third kappa shape index (κ3) is 2.24. The number of hydrogen-bond donors (Lipinski definition) is 1. The summed E-state index contributed by atoms with van der Waals surface area (Å²) in [6, 6.07) is 8.38. The molecule has 1 aromatic heterocycles. The Morgan fingerprint density at radius 3 is 2.47 bits per heavy atom. The number of benzene rings is 1. The fourth-order valence-electron chi connectivity index (χ4n) is 1.98. The zero-order chi connectivity index (χ0) is 12.4. The predicted octanol–water partition coefficient (Wildman–Crippen LogP) is 2.55. The Balaban J connectivity index is 2.40. The SMILES string of the molecule is Cc1ccc(-n2ncc(C(C)CN)c2C)cc1. The van der Waals surface area contributed by atoms with Gasteiger partial charge in [0.25, 0.3) is 0 Å². The van der Waals surface area contributed by atoms with Crippen LogP contribution >= 0.6 is 0 Å². The summed E-state index contributed by atoms with van der Waals surface area (Å²) in [5.74, 6) is 0.356. The maximum absolute atomic E-state index is 5.70. The first-order valence-electron chi connectivity index (χ1n) is 5.95.